The number of aromatic nitrogens is 2. The molecule has 0 aliphatic carbocycles. The highest BCUT2D eigenvalue weighted by atomic mass is 19.1. The Morgan fingerprint density at radius 1 is 1.18 bits per heavy atom. The minimum Gasteiger partial charge on any atom is -0.365 e. The summed E-state index contributed by atoms with van der Waals surface area (Å²) in [7, 11) is 0. The Bertz CT molecular complexity index is 803. The van der Waals surface area contributed by atoms with Crippen LogP contribution in [0, 0.1) is 19.7 Å². The smallest absolute Gasteiger partial charge is 0.135 e. The van der Waals surface area contributed by atoms with Gasteiger partial charge in [-0.3, -0.25) is 0 Å². The van der Waals surface area contributed by atoms with Gasteiger partial charge in [0.05, 0.1) is 5.52 Å². The third-order valence-electron chi connectivity index (χ3n) is 4.16. The van der Waals surface area contributed by atoms with E-state index in [1.807, 2.05) is 6.20 Å². The number of aromatic amines is 1. The Morgan fingerprint density at radius 3 is 2.59 bits per heavy atom. The first-order chi connectivity index (χ1) is 10.6. The third kappa shape index (κ3) is 2.56. The molecule has 114 valence electrons. The molecule has 4 heteroatoms. The summed E-state index contributed by atoms with van der Waals surface area (Å²) in [6, 6.07) is 6.53. The van der Waals surface area contributed by atoms with Gasteiger partial charge in [0.2, 0.25) is 0 Å². The number of hydrogen-bond acceptors (Lipinski definition) is 2. The lowest BCUT2D eigenvalue weighted by Gasteiger charge is -2.10. The van der Waals surface area contributed by atoms with Gasteiger partial charge in [0, 0.05) is 23.8 Å². The van der Waals surface area contributed by atoms with Gasteiger partial charge in [-0.1, -0.05) is 19.1 Å². The second-order valence-electron chi connectivity index (χ2n) is 5.59. The molecular formula is C18H20FN3. The van der Waals surface area contributed by atoms with Crippen molar-refractivity contribution in [3.8, 4) is 0 Å². The lowest BCUT2D eigenvalue weighted by Crippen LogP contribution is -2.03. The summed E-state index contributed by atoms with van der Waals surface area (Å²) in [5.41, 5.74) is 5.80. The number of hydrogen-bond donors (Lipinski definition) is 2. The number of aryl methyl sites for hydroxylation is 3. The fourth-order valence-corrected chi connectivity index (χ4v) is 2.72. The minimum atomic E-state index is -0.214. The summed E-state index contributed by atoms with van der Waals surface area (Å²) in [5.74, 6) is 0.659. The lowest BCUT2D eigenvalue weighted by molar-refractivity contribution is 0.627. The standard InChI is InChI=1S/C18H20FN3/c1-4-14-10-21-18(16-11(2)12(3)22-17(14)16)20-9-13-5-7-15(19)8-6-13/h5-8,10,22H,4,9H2,1-3H3,(H,20,21). The van der Waals surface area contributed by atoms with Crippen LogP contribution in [0.4, 0.5) is 10.2 Å². The maximum absolute atomic E-state index is 13.0. The van der Waals surface area contributed by atoms with Crippen LogP contribution < -0.4 is 5.32 Å². The maximum atomic E-state index is 13.0. The molecule has 3 rings (SSSR count). The van der Waals surface area contributed by atoms with Crippen molar-refractivity contribution < 1.29 is 4.39 Å². The lowest BCUT2D eigenvalue weighted by atomic mass is 10.1. The predicted octanol–water partition coefficient (Wildman–Crippen LogP) is 4.49. The Balaban J connectivity index is 1.95. The Kier molecular flexibility index (Phi) is 3.84. The monoisotopic (exact) mass is 297 g/mol. The zero-order chi connectivity index (χ0) is 15.7. The summed E-state index contributed by atoms with van der Waals surface area (Å²) >= 11 is 0. The van der Waals surface area contributed by atoms with Crippen LogP contribution in [-0.2, 0) is 13.0 Å². The first kappa shape index (κ1) is 14.6. The maximum Gasteiger partial charge on any atom is 0.135 e. The molecule has 0 amide bonds. The highest BCUT2D eigenvalue weighted by Crippen LogP contribution is 2.30. The van der Waals surface area contributed by atoms with Crippen LogP contribution in [0.3, 0.4) is 0 Å². The Morgan fingerprint density at radius 2 is 1.91 bits per heavy atom. The molecule has 2 N–H and O–H groups in total. The Hall–Kier alpha value is -2.36. The first-order valence-electron chi connectivity index (χ1n) is 7.55. The number of anilines is 1. The van der Waals surface area contributed by atoms with Crippen LogP contribution >= 0.6 is 0 Å². The number of halogens is 1. The number of nitrogens with zero attached hydrogens (tertiary/aromatic N) is 1. The topological polar surface area (TPSA) is 40.7 Å². The van der Waals surface area contributed by atoms with Gasteiger partial charge in [0.1, 0.15) is 11.6 Å². The zero-order valence-electron chi connectivity index (χ0n) is 13.1. The van der Waals surface area contributed by atoms with Crippen molar-refractivity contribution in [1.82, 2.24) is 9.97 Å². The summed E-state index contributed by atoms with van der Waals surface area (Å²) in [6.07, 6.45) is 2.87. The van der Waals surface area contributed by atoms with Crippen LogP contribution in [-0.4, -0.2) is 9.97 Å². The van der Waals surface area contributed by atoms with E-state index in [4.69, 9.17) is 0 Å². The molecule has 0 saturated heterocycles. The number of H-pyrrole nitrogens is 1. The number of nitrogens with one attached hydrogen (secondary N) is 2. The van der Waals surface area contributed by atoms with E-state index < -0.39 is 0 Å². The van der Waals surface area contributed by atoms with E-state index in [1.54, 1.807) is 12.1 Å². The van der Waals surface area contributed by atoms with Crippen LogP contribution in [0.15, 0.2) is 30.5 Å². The molecule has 0 atom stereocenters. The normalized spacial score (nSPS) is 11.1. The summed E-state index contributed by atoms with van der Waals surface area (Å²) in [4.78, 5) is 8.04. The van der Waals surface area contributed by atoms with E-state index >= 15 is 0 Å². The third-order valence-corrected chi connectivity index (χ3v) is 4.16. The van der Waals surface area contributed by atoms with E-state index in [0.29, 0.717) is 6.54 Å². The second-order valence-corrected chi connectivity index (χ2v) is 5.59. The van der Waals surface area contributed by atoms with Gasteiger partial charge in [-0.05, 0) is 49.1 Å². The molecule has 0 fully saturated rings. The van der Waals surface area contributed by atoms with Gasteiger partial charge in [-0.2, -0.15) is 0 Å². The fraction of sp³-hybridized carbons (Fsp3) is 0.278. The summed E-state index contributed by atoms with van der Waals surface area (Å²) in [6.45, 7) is 6.95. The van der Waals surface area contributed by atoms with Gasteiger partial charge in [0.15, 0.2) is 0 Å². The first-order valence-corrected chi connectivity index (χ1v) is 7.55. The van der Waals surface area contributed by atoms with Gasteiger partial charge in [-0.25, -0.2) is 9.37 Å². The number of rotatable bonds is 4. The largest absolute Gasteiger partial charge is 0.365 e. The van der Waals surface area contributed by atoms with Crippen molar-refractivity contribution in [3.05, 3.63) is 58.7 Å². The van der Waals surface area contributed by atoms with E-state index in [9.17, 15) is 4.39 Å². The number of fused-ring (bicyclic) bond motifs is 1. The molecule has 0 bridgehead atoms. The van der Waals surface area contributed by atoms with Crippen LogP contribution in [0.1, 0.15) is 29.3 Å². The molecule has 0 spiro atoms. The van der Waals surface area contributed by atoms with Crippen molar-refractivity contribution in [3.63, 3.8) is 0 Å². The quantitative estimate of drug-likeness (QED) is 0.744. The van der Waals surface area contributed by atoms with Crippen molar-refractivity contribution in [2.45, 2.75) is 33.7 Å². The van der Waals surface area contributed by atoms with Gasteiger partial charge >= 0.3 is 0 Å². The molecule has 22 heavy (non-hydrogen) atoms. The number of pyridine rings is 1. The molecule has 0 unspecified atom stereocenters. The molecule has 2 aromatic heterocycles. The Labute approximate surface area is 129 Å². The molecule has 3 nitrogen and oxygen atoms in total. The molecule has 3 aromatic rings. The molecule has 0 saturated carbocycles. The van der Waals surface area contributed by atoms with Crippen LogP contribution in [0.25, 0.3) is 10.9 Å². The molecule has 2 heterocycles. The predicted molar refractivity (Wildman–Crippen MR) is 88.7 cm³/mol. The van der Waals surface area contributed by atoms with E-state index in [1.165, 1.54) is 29.0 Å². The van der Waals surface area contributed by atoms with Gasteiger partial charge in [-0.15, -0.1) is 0 Å². The van der Waals surface area contributed by atoms with Crippen molar-refractivity contribution in [2.75, 3.05) is 5.32 Å². The van der Waals surface area contributed by atoms with E-state index in [0.717, 1.165) is 28.7 Å². The summed E-state index contributed by atoms with van der Waals surface area (Å²) in [5, 5.41) is 4.53. The van der Waals surface area contributed by atoms with Crippen LogP contribution in [0.5, 0.6) is 0 Å². The van der Waals surface area contributed by atoms with Gasteiger partial charge in [0.25, 0.3) is 0 Å². The van der Waals surface area contributed by atoms with Crippen molar-refractivity contribution >= 4 is 16.7 Å². The second kappa shape index (κ2) is 5.79. The molecule has 0 aliphatic rings. The van der Waals surface area contributed by atoms with E-state index in [-0.39, 0.29) is 5.82 Å². The average Bonchev–Trinajstić information content (AvgIpc) is 2.82. The highest BCUT2D eigenvalue weighted by molar-refractivity contribution is 5.95. The summed E-state index contributed by atoms with van der Waals surface area (Å²) < 4.78 is 13.0. The van der Waals surface area contributed by atoms with Crippen LogP contribution in [0.2, 0.25) is 0 Å². The van der Waals surface area contributed by atoms with Crippen molar-refractivity contribution in [1.29, 1.82) is 0 Å². The van der Waals surface area contributed by atoms with Crippen molar-refractivity contribution in [2.24, 2.45) is 0 Å². The number of benzene rings is 1. The molecule has 0 radical (unpaired) electrons. The fourth-order valence-electron chi connectivity index (χ4n) is 2.72. The zero-order valence-corrected chi connectivity index (χ0v) is 13.1. The molecule has 1 aromatic carbocycles. The molecular weight excluding hydrogens is 277 g/mol. The van der Waals surface area contributed by atoms with Gasteiger partial charge < -0.3 is 10.3 Å². The average molecular weight is 297 g/mol. The molecule has 0 aliphatic heterocycles. The highest BCUT2D eigenvalue weighted by Gasteiger charge is 2.13. The minimum absolute atomic E-state index is 0.214. The SMILES string of the molecule is CCc1cnc(NCc2ccc(F)cc2)c2c(C)c(C)[nH]c12. The van der Waals surface area contributed by atoms with E-state index in [2.05, 4.69) is 36.1 Å².